The highest BCUT2D eigenvalue weighted by atomic mass is 16.6. The van der Waals surface area contributed by atoms with Crippen molar-refractivity contribution >= 4 is 22.4 Å². The van der Waals surface area contributed by atoms with Crippen LogP contribution in [0.1, 0.15) is 71.1 Å². The molecule has 0 bridgehead atoms. The summed E-state index contributed by atoms with van der Waals surface area (Å²) < 4.78 is 4.66. The number of nitro benzene ring substituents is 1. The number of non-ortho nitro benzene ring substituents is 1. The third-order valence-electron chi connectivity index (χ3n) is 4.44. The first-order valence-corrected chi connectivity index (χ1v) is 9.37. The Morgan fingerprint density at radius 1 is 0.960 bits per heavy atom. The van der Waals surface area contributed by atoms with Crippen LogP contribution in [-0.2, 0) is 0 Å². The molecule has 0 fully saturated rings. The normalized spacial score (nSPS) is 11.1. The highest BCUT2D eigenvalue weighted by Crippen LogP contribution is 2.28. The second kappa shape index (κ2) is 10.6. The number of anilines is 1. The summed E-state index contributed by atoms with van der Waals surface area (Å²) in [5, 5.41) is 21.7. The fourth-order valence-corrected chi connectivity index (χ4v) is 2.98. The first-order chi connectivity index (χ1) is 12.2. The van der Waals surface area contributed by atoms with Gasteiger partial charge in [-0.05, 0) is 22.8 Å². The van der Waals surface area contributed by atoms with E-state index >= 15 is 0 Å². The van der Waals surface area contributed by atoms with E-state index in [-0.39, 0.29) is 11.2 Å². The molecule has 1 N–H and O–H groups in total. The molecular formula is C18H28N4O3. The largest absolute Gasteiger partial charge is 0.383 e. The number of nitrogens with one attached hydrogen (secondary N) is 1. The number of hydrogen-bond acceptors (Lipinski definition) is 6. The zero-order valence-corrected chi connectivity index (χ0v) is 15.0. The number of nitrogens with zero attached hydrogens (tertiary/aromatic N) is 3. The Morgan fingerprint density at radius 3 is 2.20 bits per heavy atom. The monoisotopic (exact) mass is 348 g/mol. The maximum Gasteiger partial charge on any atom is 0.300 e. The van der Waals surface area contributed by atoms with E-state index in [1.807, 2.05) is 0 Å². The molecule has 1 heterocycles. The smallest absolute Gasteiger partial charge is 0.300 e. The van der Waals surface area contributed by atoms with Crippen molar-refractivity contribution < 1.29 is 9.55 Å². The summed E-state index contributed by atoms with van der Waals surface area (Å²) in [6.07, 6.45) is 12.9. The Labute approximate surface area is 148 Å². The number of rotatable bonds is 13. The molecule has 0 saturated carbocycles. The summed E-state index contributed by atoms with van der Waals surface area (Å²) in [4.78, 5) is 10.5. The van der Waals surface area contributed by atoms with Gasteiger partial charge in [-0.2, -0.15) is 0 Å². The van der Waals surface area contributed by atoms with Crippen molar-refractivity contribution in [1.29, 1.82) is 0 Å². The molecular weight excluding hydrogens is 320 g/mol. The van der Waals surface area contributed by atoms with Gasteiger partial charge in [-0.15, -0.1) is 0 Å². The summed E-state index contributed by atoms with van der Waals surface area (Å²) in [7, 11) is 0. The Hall–Kier alpha value is -2.18. The van der Waals surface area contributed by atoms with Crippen LogP contribution < -0.4 is 5.32 Å². The number of nitro groups is 1. The maximum absolute atomic E-state index is 11.0. The summed E-state index contributed by atoms with van der Waals surface area (Å²) in [5.41, 5.74) is 1.26. The Balaban J connectivity index is 1.63. The van der Waals surface area contributed by atoms with E-state index in [4.69, 9.17) is 0 Å². The third-order valence-corrected chi connectivity index (χ3v) is 4.44. The van der Waals surface area contributed by atoms with Gasteiger partial charge in [0.1, 0.15) is 0 Å². The van der Waals surface area contributed by atoms with Crippen LogP contribution in [0.3, 0.4) is 0 Å². The summed E-state index contributed by atoms with van der Waals surface area (Å²) in [5.74, 6) is 0. The van der Waals surface area contributed by atoms with Gasteiger partial charge in [-0.1, -0.05) is 64.7 Å². The molecule has 0 amide bonds. The van der Waals surface area contributed by atoms with E-state index in [2.05, 4.69) is 27.2 Å². The predicted octanol–water partition coefficient (Wildman–Crippen LogP) is 5.46. The lowest BCUT2D eigenvalue weighted by atomic mass is 10.1. The van der Waals surface area contributed by atoms with Gasteiger partial charge in [0.25, 0.3) is 0 Å². The molecule has 0 saturated heterocycles. The van der Waals surface area contributed by atoms with Crippen molar-refractivity contribution in [3.05, 3.63) is 22.2 Å². The molecule has 1 aromatic heterocycles. The number of fused-ring (bicyclic) bond motifs is 1. The van der Waals surface area contributed by atoms with Crippen LogP contribution in [0.15, 0.2) is 16.8 Å². The highest BCUT2D eigenvalue weighted by Gasteiger charge is 2.19. The average Bonchev–Trinajstić information content (AvgIpc) is 3.09. The first kappa shape index (κ1) is 19.1. The molecule has 7 heteroatoms. The molecule has 25 heavy (non-hydrogen) atoms. The van der Waals surface area contributed by atoms with E-state index in [9.17, 15) is 10.1 Å². The van der Waals surface area contributed by atoms with Crippen LogP contribution in [-0.4, -0.2) is 21.8 Å². The Bertz CT molecular complexity index is 657. The summed E-state index contributed by atoms with van der Waals surface area (Å²) in [6, 6.07) is 3.11. The zero-order chi connectivity index (χ0) is 17.9. The van der Waals surface area contributed by atoms with Crippen molar-refractivity contribution in [2.45, 2.75) is 71.1 Å². The SMILES string of the molecule is CCCCCCCCCCCCNc1ccc([N+](=O)[O-])c2nonc12. The van der Waals surface area contributed by atoms with Crippen molar-refractivity contribution in [1.82, 2.24) is 10.3 Å². The van der Waals surface area contributed by atoms with Gasteiger partial charge in [-0.25, -0.2) is 4.63 Å². The molecule has 7 nitrogen and oxygen atoms in total. The number of hydrogen-bond donors (Lipinski definition) is 1. The highest BCUT2D eigenvalue weighted by molar-refractivity contribution is 5.93. The summed E-state index contributed by atoms with van der Waals surface area (Å²) in [6.45, 7) is 3.06. The second-order valence-electron chi connectivity index (χ2n) is 6.46. The third kappa shape index (κ3) is 5.99. The maximum atomic E-state index is 11.0. The quantitative estimate of drug-likeness (QED) is 0.293. The fraction of sp³-hybridized carbons (Fsp3) is 0.667. The van der Waals surface area contributed by atoms with Crippen LogP contribution in [0, 0.1) is 10.1 Å². The van der Waals surface area contributed by atoms with Crippen molar-refractivity contribution in [3.63, 3.8) is 0 Å². The van der Waals surface area contributed by atoms with Crippen LogP contribution >= 0.6 is 0 Å². The van der Waals surface area contributed by atoms with Crippen LogP contribution in [0.2, 0.25) is 0 Å². The van der Waals surface area contributed by atoms with Crippen molar-refractivity contribution in [2.24, 2.45) is 0 Å². The standard InChI is InChI=1S/C18H28N4O3/c1-2-3-4-5-6-7-8-9-10-11-14-19-15-12-13-16(22(23)24)18-17(15)20-25-21-18/h12-13,19H,2-11,14H2,1H3. The molecule has 1 aromatic carbocycles. The van der Waals surface area contributed by atoms with Gasteiger partial charge in [-0.3, -0.25) is 10.1 Å². The molecule has 2 aromatic rings. The van der Waals surface area contributed by atoms with Crippen LogP contribution in [0.25, 0.3) is 11.0 Å². The van der Waals surface area contributed by atoms with Gasteiger partial charge in [0, 0.05) is 12.6 Å². The fourth-order valence-electron chi connectivity index (χ4n) is 2.98. The van der Waals surface area contributed by atoms with E-state index in [0.717, 1.165) is 18.7 Å². The van der Waals surface area contributed by atoms with Crippen molar-refractivity contribution in [3.8, 4) is 0 Å². The lowest BCUT2D eigenvalue weighted by Gasteiger charge is -2.06. The summed E-state index contributed by atoms with van der Waals surface area (Å²) >= 11 is 0. The van der Waals surface area contributed by atoms with Gasteiger partial charge < -0.3 is 5.32 Å². The molecule has 138 valence electrons. The molecule has 0 aliphatic heterocycles. The van der Waals surface area contributed by atoms with Gasteiger partial charge in [0.05, 0.1) is 10.6 Å². The minimum atomic E-state index is -0.474. The van der Waals surface area contributed by atoms with E-state index < -0.39 is 4.92 Å². The topological polar surface area (TPSA) is 94.1 Å². The van der Waals surface area contributed by atoms with Crippen LogP contribution in [0.4, 0.5) is 11.4 Å². The van der Waals surface area contributed by atoms with Gasteiger partial charge in [0.2, 0.25) is 5.52 Å². The Morgan fingerprint density at radius 2 is 1.56 bits per heavy atom. The average molecular weight is 348 g/mol. The minimum absolute atomic E-state index is 0.0827. The van der Waals surface area contributed by atoms with E-state index in [1.54, 1.807) is 6.07 Å². The molecule has 0 aliphatic rings. The minimum Gasteiger partial charge on any atom is -0.383 e. The second-order valence-corrected chi connectivity index (χ2v) is 6.46. The lowest BCUT2D eigenvalue weighted by Crippen LogP contribution is -2.02. The molecule has 0 aliphatic carbocycles. The number of unbranched alkanes of at least 4 members (excludes halogenated alkanes) is 9. The zero-order valence-electron chi connectivity index (χ0n) is 15.0. The van der Waals surface area contributed by atoms with Crippen molar-refractivity contribution in [2.75, 3.05) is 11.9 Å². The lowest BCUT2D eigenvalue weighted by molar-refractivity contribution is -0.383. The Kier molecular flexibility index (Phi) is 8.15. The van der Waals surface area contributed by atoms with E-state index in [1.165, 1.54) is 63.9 Å². The van der Waals surface area contributed by atoms with E-state index in [0.29, 0.717) is 5.52 Å². The molecule has 0 unspecified atom stereocenters. The molecule has 2 rings (SSSR count). The van der Waals surface area contributed by atoms with Gasteiger partial charge >= 0.3 is 5.69 Å². The predicted molar refractivity (Wildman–Crippen MR) is 98.8 cm³/mol. The molecule has 0 radical (unpaired) electrons. The number of benzene rings is 1. The number of aromatic nitrogens is 2. The van der Waals surface area contributed by atoms with Gasteiger partial charge in [0.15, 0.2) is 5.52 Å². The van der Waals surface area contributed by atoms with Crippen LogP contribution in [0.5, 0.6) is 0 Å². The first-order valence-electron chi connectivity index (χ1n) is 9.37. The molecule has 0 atom stereocenters. The molecule has 0 spiro atoms.